The summed E-state index contributed by atoms with van der Waals surface area (Å²) < 4.78 is 10.6. The average Bonchev–Trinajstić information content (AvgIpc) is 1.67. The number of hydrogen-bond donors (Lipinski definition) is 10. The van der Waals surface area contributed by atoms with Crippen molar-refractivity contribution in [3.05, 3.63) is 0 Å². The average molecular weight is 1220 g/mol. The second-order valence-electron chi connectivity index (χ2n) is 29.9. The molecule has 0 aliphatic heterocycles. The van der Waals surface area contributed by atoms with Gasteiger partial charge in [0.05, 0.1) is 0 Å². The van der Waals surface area contributed by atoms with E-state index < -0.39 is 56.4 Å². The number of ether oxygens (including phenoxy) is 2. The zero-order chi connectivity index (χ0) is 65.1. The molecule has 0 spiro atoms. The molecule has 10 amide bonds. The lowest BCUT2D eigenvalue weighted by Crippen LogP contribution is -2.58. The number of hydrogen-bond acceptors (Lipinski definition) is 12. The third-order valence-corrected chi connectivity index (χ3v) is 17.7. The monoisotopic (exact) mass is 1210 g/mol. The van der Waals surface area contributed by atoms with Crippen LogP contribution in [0.1, 0.15) is 251 Å². The fourth-order valence-corrected chi connectivity index (χ4v) is 12.5. The molecule has 0 aromatic heterocycles. The van der Waals surface area contributed by atoms with E-state index in [1.807, 2.05) is 0 Å². The molecular weight excluding hydrogens is 1100 g/mol. The summed E-state index contributed by atoms with van der Waals surface area (Å²) in [5.41, 5.74) is -7.57. The quantitative estimate of drug-likeness (QED) is 0.0445. The van der Waals surface area contributed by atoms with Crippen LogP contribution >= 0.6 is 0 Å². The molecule has 4 aliphatic carbocycles. The highest BCUT2D eigenvalue weighted by molar-refractivity contribution is 5.93. The van der Waals surface area contributed by atoms with Crippen molar-refractivity contribution in [1.82, 2.24) is 53.2 Å². The Labute approximate surface area is 514 Å². The molecule has 86 heavy (non-hydrogen) atoms. The Morgan fingerprint density at radius 2 is 0.500 bits per heavy atom. The van der Waals surface area contributed by atoms with E-state index in [9.17, 15) is 47.9 Å². The Bertz CT molecular complexity index is 2170. The highest BCUT2D eigenvalue weighted by atomic mass is 16.6. The van der Waals surface area contributed by atoms with E-state index in [2.05, 4.69) is 53.2 Å². The number of amides is 10. The molecule has 0 heterocycles. The molecule has 0 aromatic carbocycles. The van der Waals surface area contributed by atoms with Gasteiger partial charge in [-0.2, -0.15) is 0 Å². The molecule has 0 aromatic rings. The van der Waals surface area contributed by atoms with Gasteiger partial charge in [0.1, 0.15) is 33.4 Å². The molecule has 0 saturated heterocycles. The Morgan fingerprint density at radius 3 is 0.698 bits per heavy atom. The van der Waals surface area contributed by atoms with Crippen LogP contribution in [0.2, 0.25) is 0 Å². The van der Waals surface area contributed by atoms with Gasteiger partial charge in [-0.3, -0.25) is 38.4 Å². The van der Waals surface area contributed by atoms with Gasteiger partial charge in [0.2, 0.25) is 47.3 Å². The van der Waals surface area contributed by atoms with Crippen LogP contribution in [0.5, 0.6) is 0 Å². The minimum atomic E-state index is -1.21. The molecule has 4 aliphatic rings. The van der Waals surface area contributed by atoms with Gasteiger partial charge >= 0.3 is 12.2 Å². The SMILES string of the molecule is CNC(=O)CC1(CNC(=O)C(C)(C)NC(=O)CC2(CNC(=O)C(C)(C)NC(=O)OC(C)(C)C)CCCCC2)CCCCC1.CNC(=O)CC1(CNC(=O)C(C)(C)NC(=O)CC2(CNC(=O)C(C)(C)NC(=O)OC(C)(C)C)CCCCC2)CCCCC1. The first kappa shape index (κ1) is 74.6. The van der Waals surface area contributed by atoms with Gasteiger partial charge in [0.25, 0.3) is 0 Å². The van der Waals surface area contributed by atoms with Crippen molar-refractivity contribution < 1.29 is 57.4 Å². The highest BCUT2D eigenvalue weighted by Gasteiger charge is 2.44. The van der Waals surface area contributed by atoms with Crippen molar-refractivity contribution >= 4 is 59.4 Å². The molecule has 4 saturated carbocycles. The van der Waals surface area contributed by atoms with Gasteiger partial charge < -0.3 is 62.6 Å². The summed E-state index contributed by atoms with van der Waals surface area (Å²) in [6, 6.07) is 0. The number of carbonyl (C=O) groups excluding carboxylic acids is 10. The maximum Gasteiger partial charge on any atom is 0.408 e. The summed E-state index contributed by atoms with van der Waals surface area (Å²) in [5, 5.41) is 28.5. The van der Waals surface area contributed by atoms with Crippen molar-refractivity contribution in [3.63, 3.8) is 0 Å². The molecule has 0 unspecified atom stereocenters. The van der Waals surface area contributed by atoms with Crippen molar-refractivity contribution in [2.24, 2.45) is 21.7 Å². The largest absolute Gasteiger partial charge is 0.444 e. The highest BCUT2D eigenvalue weighted by Crippen LogP contribution is 2.42. The van der Waals surface area contributed by atoms with Crippen LogP contribution in [0.3, 0.4) is 0 Å². The minimum Gasteiger partial charge on any atom is -0.444 e. The summed E-state index contributed by atoms with van der Waals surface area (Å²) in [7, 11) is 3.25. The normalized spacial score (nSPS) is 18.5. The lowest BCUT2D eigenvalue weighted by Gasteiger charge is -2.39. The predicted molar refractivity (Wildman–Crippen MR) is 332 cm³/mol. The lowest BCUT2D eigenvalue weighted by atomic mass is 9.71. The molecule has 4 rings (SSSR count). The summed E-state index contributed by atoms with van der Waals surface area (Å²) >= 11 is 0. The van der Waals surface area contributed by atoms with E-state index in [1.165, 1.54) is 0 Å². The maximum absolute atomic E-state index is 13.4. The third kappa shape index (κ3) is 25.2. The lowest BCUT2D eigenvalue weighted by molar-refractivity contribution is -0.134. The van der Waals surface area contributed by atoms with E-state index in [-0.39, 0.29) is 84.0 Å². The smallest absolute Gasteiger partial charge is 0.408 e. The number of rotatable bonds is 24. The fraction of sp³-hybridized carbons (Fsp3) is 0.844. The van der Waals surface area contributed by atoms with Gasteiger partial charge in [0.15, 0.2) is 0 Å². The second-order valence-corrected chi connectivity index (χ2v) is 29.9. The number of alkyl carbamates (subject to hydrolysis) is 2. The molecular formula is C64H114N10O12. The summed E-state index contributed by atoms with van der Waals surface area (Å²) in [6.45, 7) is 25.1. The van der Waals surface area contributed by atoms with Crippen LogP contribution in [0.25, 0.3) is 0 Å². The van der Waals surface area contributed by atoms with E-state index in [1.54, 1.807) is 111 Å². The first-order valence-corrected chi connectivity index (χ1v) is 31.8. The molecule has 0 atom stereocenters. The minimum absolute atomic E-state index is 0.0300. The predicted octanol–water partition coefficient (Wildman–Crippen LogP) is 7.69. The van der Waals surface area contributed by atoms with Gasteiger partial charge in [-0.1, -0.05) is 77.0 Å². The van der Waals surface area contributed by atoms with Crippen LogP contribution in [0, 0.1) is 21.7 Å². The molecule has 4 fully saturated rings. The van der Waals surface area contributed by atoms with Gasteiger partial charge in [-0.05, 0) is 170 Å². The Morgan fingerprint density at radius 1 is 0.302 bits per heavy atom. The van der Waals surface area contributed by atoms with Crippen LogP contribution in [0.4, 0.5) is 9.59 Å². The zero-order valence-corrected chi connectivity index (χ0v) is 55.7. The van der Waals surface area contributed by atoms with E-state index in [4.69, 9.17) is 9.47 Å². The van der Waals surface area contributed by atoms with Gasteiger partial charge in [-0.15, -0.1) is 0 Å². The topological polar surface area (TPSA) is 309 Å². The van der Waals surface area contributed by atoms with E-state index in [0.29, 0.717) is 25.9 Å². The van der Waals surface area contributed by atoms with Gasteiger partial charge in [-0.25, -0.2) is 9.59 Å². The van der Waals surface area contributed by atoms with Gasteiger partial charge in [0, 0.05) is 66.0 Å². The maximum atomic E-state index is 13.4. The van der Waals surface area contributed by atoms with Crippen molar-refractivity contribution in [2.45, 2.75) is 284 Å². The molecule has 22 heteroatoms. The Hall–Kier alpha value is -5.70. The van der Waals surface area contributed by atoms with Crippen LogP contribution in [-0.4, -0.2) is 133 Å². The van der Waals surface area contributed by atoms with E-state index >= 15 is 0 Å². The first-order chi connectivity index (χ1) is 39.7. The number of nitrogens with one attached hydrogen (secondary N) is 10. The molecule has 0 bridgehead atoms. The van der Waals surface area contributed by atoms with Crippen molar-refractivity contribution in [3.8, 4) is 0 Å². The zero-order valence-electron chi connectivity index (χ0n) is 55.7. The Kier molecular flexibility index (Phi) is 27.3. The number of carbonyl (C=O) groups is 10. The van der Waals surface area contributed by atoms with E-state index in [0.717, 1.165) is 128 Å². The molecule has 22 nitrogen and oxygen atoms in total. The van der Waals surface area contributed by atoms with Crippen molar-refractivity contribution in [1.29, 1.82) is 0 Å². The fourth-order valence-electron chi connectivity index (χ4n) is 12.5. The first-order valence-electron chi connectivity index (χ1n) is 31.8. The molecule has 10 N–H and O–H groups in total. The summed E-state index contributed by atoms with van der Waals surface area (Å²) in [4.78, 5) is 129. The third-order valence-electron chi connectivity index (χ3n) is 17.7. The van der Waals surface area contributed by atoms with Crippen LogP contribution < -0.4 is 53.2 Å². The molecule has 0 radical (unpaired) electrons. The van der Waals surface area contributed by atoms with Crippen molar-refractivity contribution in [2.75, 3.05) is 40.3 Å². The van der Waals surface area contributed by atoms with Crippen LogP contribution in [0.15, 0.2) is 0 Å². The molecule has 492 valence electrons. The van der Waals surface area contributed by atoms with Crippen LogP contribution in [-0.2, 0) is 47.8 Å². The Balaban J connectivity index is 0.000000450. The second kappa shape index (κ2) is 31.5. The summed E-state index contributed by atoms with van der Waals surface area (Å²) in [6.07, 6.45) is 18.6. The summed E-state index contributed by atoms with van der Waals surface area (Å²) in [5.74, 6) is -1.86. The standard InChI is InChI=1S/2C32H57N5O6/c2*1-28(2,3)43-27(42)37-30(6,7)26(41)35-22-32(17-13-10-14-18-32)20-24(39)36-29(4,5)25(40)34-21-31(19-23(38)33-8)15-11-9-12-16-31/h2*9-22H2,1-8H3,(H,33,38)(H,34,40)(H,35,41)(H,36,39)(H,37,42).